The van der Waals surface area contributed by atoms with Crippen molar-refractivity contribution >= 4 is 38.6 Å². The van der Waals surface area contributed by atoms with Gasteiger partial charge in [-0.05, 0) is 30.3 Å². The summed E-state index contributed by atoms with van der Waals surface area (Å²) in [5.41, 5.74) is 1.01. The SMILES string of the molecule is N#Cc1cccnc1N1CCN(C(=O)CCn2cnc3ccc(Br)cc3c2=O)CC1. The van der Waals surface area contributed by atoms with Gasteiger partial charge >= 0.3 is 0 Å². The van der Waals surface area contributed by atoms with Gasteiger partial charge in [-0.3, -0.25) is 14.2 Å². The Morgan fingerprint density at radius 3 is 2.73 bits per heavy atom. The molecule has 0 bridgehead atoms. The minimum Gasteiger partial charge on any atom is -0.352 e. The summed E-state index contributed by atoms with van der Waals surface area (Å²) in [6.07, 6.45) is 3.39. The smallest absolute Gasteiger partial charge is 0.261 e. The standard InChI is InChI=1S/C21H19BrN6O2/c22-16-3-4-18-17(12-16)21(30)28(14-25-18)7-5-19(29)26-8-10-27(11-9-26)20-15(13-23)2-1-6-24-20/h1-4,6,12,14H,5,7-11H2. The molecule has 1 aliphatic rings. The zero-order valence-electron chi connectivity index (χ0n) is 16.2. The number of halogens is 1. The number of hydrogen-bond donors (Lipinski definition) is 0. The minimum atomic E-state index is -0.155. The highest BCUT2D eigenvalue weighted by atomic mass is 79.9. The summed E-state index contributed by atoms with van der Waals surface area (Å²) >= 11 is 3.37. The maximum Gasteiger partial charge on any atom is 0.261 e. The first-order valence-electron chi connectivity index (χ1n) is 9.59. The van der Waals surface area contributed by atoms with E-state index in [1.807, 2.05) is 11.0 Å². The molecule has 4 rings (SSSR count). The predicted molar refractivity (Wildman–Crippen MR) is 116 cm³/mol. The van der Waals surface area contributed by atoms with Crippen molar-refractivity contribution in [2.45, 2.75) is 13.0 Å². The Morgan fingerprint density at radius 1 is 1.17 bits per heavy atom. The van der Waals surface area contributed by atoms with Crippen LogP contribution in [0.15, 0.2) is 52.1 Å². The third kappa shape index (κ3) is 4.04. The summed E-state index contributed by atoms with van der Waals surface area (Å²) in [6.45, 7) is 2.62. The predicted octanol–water partition coefficient (Wildman–Crippen LogP) is 2.16. The molecule has 30 heavy (non-hydrogen) atoms. The van der Waals surface area contributed by atoms with Gasteiger partial charge < -0.3 is 9.80 Å². The molecule has 1 saturated heterocycles. The average molecular weight is 467 g/mol. The number of carbonyl (C=O) groups is 1. The average Bonchev–Trinajstić information content (AvgIpc) is 2.79. The highest BCUT2D eigenvalue weighted by molar-refractivity contribution is 9.10. The van der Waals surface area contributed by atoms with E-state index < -0.39 is 0 Å². The fourth-order valence-corrected chi connectivity index (χ4v) is 3.93. The largest absolute Gasteiger partial charge is 0.352 e. The topological polar surface area (TPSA) is 95.1 Å². The molecule has 0 spiro atoms. The molecule has 0 N–H and O–H groups in total. The van der Waals surface area contributed by atoms with Crippen LogP contribution in [-0.4, -0.2) is 51.5 Å². The third-order valence-corrected chi connectivity index (χ3v) is 5.68. The molecule has 1 amide bonds. The van der Waals surface area contributed by atoms with E-state index >= 15 is 0 Å². The van der Waals surface area contributed by atoms with Crippen molar-refractivity contribution in [1.29, 1.82) is 5.26 Å². The quantitative estimate of drug-likeness (QED) is 0.584. The zero-order valence-corrected chi connectivity index (χ0v) is 17.7. The van der Waals surface area contributed by atoms with Crippen LogP contribution in [0, 0.1) is 11.3 Å². The number of piperazine rings is 1. The molecular formula is C21H19BrN6O2. The van der Waals surface area contributed by atoms with Crippen LogP contribution in [-0.2, 0) is 11.3 Å². The van der Waals surface area contributed by atoms with Crippen LogP contribution in [0.5, 0.6) is 0 Å². The number of fused-ring (bicyclic) bond motifs is 1. The van der Waals surface area contributed by atoms with E-state index in [2.05, 4.69) is 32.0 Å². The Morgan fingerprint density at radius 2 is 1.97 bits per heavy atom. The number of anilines is 1. The Hall–Kier alpha value is -3.25. The molecule has 3 aromatic rings. The van der Waals surface area contributed by atoms with Crippen LogP contribution in [0.4, 0.5) is 5.82 Å². The number of rotatable bonds is 4. The van der Waals surface area contributed by atoms with Gasteiger partial charge in [-0.2, -0.15) is 5.26 Å². The normalized spacial score (nSPS) is 14.0. The molecule has 0 atom stereocenters. The van der Waals surface area contributed by atoms with Gasteiger partial charge in [-0.1, -0.05) is 15.9 Å². The van der Waals surface area contributed by atoms with E-state index in [4.69, 9.17) is 0 Å². The molecule has 1 aromatic carbocycles. The van der Waals surface area contributed by atoms with Crippen LogP contribution in [0.3, 0.4) is 0 Å². The van der Waals surface area contributed by atoms with Gasteiger partial charge in [0.15, 0.2) is 0 Å². The number of aromatic nitrogens is 3. The number of nitrogens with zero attached hydrogens (tertiary/aromatic N) is 6. The van der Waals surface area contributed by atoms with E-state index in [0.717, 1.165) is 4.47 Å². The molecule has 2 aromatic heterocycles. The lowest BCUT2D eigenvalue weighted by Gasteiger charge is -2.35. The Kier molecular flexibility index (Phi) is 5.77. The Balaban J connectivity index is 1.38. The molecule has 0 unspecified atom stereocenters. The molecule has 0 aliphatic carbocycles. The number of nitriles is 1. The van der Waals surface area contributed by atoms with E-state index in [0.29, 0.717) is 48.5 Å². The summed E-state index contributed by atoms with van der Waals surface area (Å²) in [5, 5.41) is 9.78. The van der Waals surface area contributed by atoms with E-state index in [1.165, 1.54) is 10.9 Å². The first kappa shape index (κ1) is 20.0. The summed E-state index contributed by atoms with van der Waals surface area (Å²) < 4.78 is 2.30. The fraction of sp³-hybridized carbons (Fsp3) is 0.286. The fourth-order valence-electron chi connectivity index (χ4n) is 3.57. The van der Waals surface area contributed by atoms with Crippen molar-refractivity contribution in [3.05, 3.63) is 63.2 Å². The van der Waals surface area contributed by atoms with E-state index in [9.17, 15) is 14.9 Å². The maximum atomic E-state index is 12.7. The van der Waals surface area contributed by atoms with Crippen LogP contribution < -0.4 is 10.5 Å². The van der Waals surface area contributed by atoms with Crippen LogP contribution in [0.25, 0.3) is 10.9 Å². The lowest BCUT2D eigenvalue weighted by atomic mass is 10.2. The maximum absolute atomic E-state index is 12.7. The Labute approximate surface area is 181 Å². The van der Waals surface area contributed by atoms with Gasteiger partial charge in [0, 0.05) is 49.8 Å². The number of pyridine rings is 1. The van der Waals surface area contributed by atoms with Crippen molar-refractivity contribution in [1.82, 2.24) is 19.4 Å². The summed E-state index contributed by atoms with van der Waals surface area (Å²) in [5.74, 6) is 0.657. The first-order valence-corrected chi connectivity index (χ1v) is 10.4. The molecule has 152 valence electrons. The number of aryl methyl sites for hydroxylation is 1. The van der Waals surface area contributed by atoms with Gasteiger partial charge in [0.2, 0.25) is 5.91 Å². The van der Waals surface area contributed by atoms with Crippen molar-refractivity contribution in [2.75, 3.05) is 31.1 Å². The van der Waals surface area contributed by atoms with Crippen LogP contribution >= 0.6 is 15.9 Å². The summed E-state index contributed by atoms with van der Waals surface area (Å²) in [6, 6.07) is 11.0. The van der Waals surface area contributed by atoms with Crippen LogP contribution in [0.2, 0.25) is 0 Å². The summed E-state index contributed by atoms with van der Waals surface area (Å²) in [4.78, 5) is 37.8. The lowest BCUT2D eigenvalue weighted by Crippen LogP contribution is -2.49. The van der Waals surface area contributed by atoms with E-state index in [1.54, 1.807) is 35.4 Å². The highest BCUT2D eigenvalue weighted by Crippen LogP contribution is 2.18. The van der Waals surface area contributed by atoms with Crippen molar-refractivity contribution < 1.29 is 4.79 Å². The molecule has 8 nitrogen and oxygen atoms in total. The monoisotopic (exact) mass is 466 g/mol. The number of hydrogen-bond acceptors (Lipinski definition) is 6. The molecular weight excluding hydrogens is 448 g/mol. The van der Waals surface area contributed by atoms with Crippen molar-refractivity contribution in [3.8, 4) is 6.07 Å². The summed E-state index contributed by atoms with van der Waals surface area (Å²) in [7, 11) is 0. The Bertz CT molecular complexity index is 1190. The molecule has 3 heterocycles. The van der Waals surface area contributed by atoms with Gasteiger partial charge in [0.05, 0.1) is 22.8 Å². The van der Waals surface area contributed by atoms with Crippen LogP contribution in [0.1, 0.15) is 12.0 Å². The molecule has 9 heteroatoms. The number of benzene rings is 1. The molecule has 0 saturated carbocycles. The number of carbonyl (C=O) groups excluding carboxylic acids is 1. The van der Waals surface area contributed by atoms with Gasteiger partial charge in [-0.15, -0.1) is 0 Å². The first-order chi connectivity index (χ1) is 14.6. The van der Waals surface area contributed by atoms with Gasteiger partial charge in [-0.25, -0.2) is 9.97 Å². The van der Waals surface area contributed by atoms with Crippen molar-refractivity contribution in [3.63, 3.8) is 0 Å². The van der Waals surface area contributed by atoms with Gasteiger partial charge in [0.25, 0.3) is 5.56 Å². The second kappa shape index (κ2) is 8.63. The molecule has 1 fully saturated rings. The van der Waals surface area contributed by atoms with E-state index in [-0.39, 0.29) is 24.4 Å². The van der Waals surface area contributed by atoms with Gasteiger partial charge in [0.1, 0.15) is 11.9 Å². The molecule has 0 radical (unpaired) electrons. The third-order valence-electron chi connectivity index (χ3n) is 5.19. The van der Waals surface area contributed by atoms with Crippen molar-refractivity contribution in [2.24, 2.45) is 0 Å². The zero-order chi connectivity index (χ0) is 21.1. The lowest BCUT2D eigenvalue weighted by molar-refractivity contribution is -0.131. The number of amides is 1. The molecule has 1 aliphatic heterocycles. The second-order valence-electron chi connectivity index (χ2n) is 7.01. The second-order valence-corrected chi connectivity index (χ2v) is 7.92. The highest BCUT2D eigenvalue weighted by Gasteiger charge is 2.23. The minimum absolute atomic E-state index is 0.00239.